The van der Waals surface area contributed by atoms with E-state index >= 15 is 0 Å². The maximum Gasteiger partial charge on any atom is 0.277 e. The van der Waals surface area contributed by atoms with Crippen LogP contribution in [0.2, 0.25) is 10.0 Å². The van der Waals surface area contributed by atoms with E-state index < -0.39 is 10.7 Å². The summed E-state index contributed by atoms with van der Waals surface area (Å²) in [6.45, 7) is 0. The normalized spacial score (nSPS) is 10.4. The Kier molecular flexibility index (Phi) is 3.50. The maximum absolute atomic E-state index is 13.2. The average molecular weight is 286 g/mol. The van der Waals surface area contributed by atoms with Gasteiger partial charge in [-0.25, -0.2) is 4.39 Å². The first-order valence-corrected chi connectivity index (χ1v) is 5.64. The first kappa shape index (κ1) is 12.8. The van der Waals surface area contributed by atoms with E-state index in [4.69, 9.17) is 23.2 Å². The predicted octanol–water partition coefficient (Wildman–Crippen LogP) is 4.71. The molecule has 6 heteroatoms. The van der Waals surface area contributed by atoms with Crippen molar-refractivity contribution in [1.82, 2.24) is 0 Å². The molecule has 0 aliphatic rings. The van der Waals surface area contributed by atoms with Gasteiger partial charge in [0, 0.05) is 6.07 Å². The van der Waals surface area contributed by atoms with Crippen molar-refractivity contribution in [2.24, 2.45) is 0 Å². The number of nitro benzene ring substituents is 1. The molecule has 18 heavy (non-hydrogen) atoms. The third-order valence-corrected chi connectivity index (χ3v) is 3.12. The molecule has 0 aromatic heterocycles. The van der Waals surface area contributed by atoms with Crippen LogP contribution in [-0.4, -0.2) is 4.92 Å². The molecule has 0 spiro atoms. The molecule has 0 unspecified atom stereocenters. The Morgan fingerprint density at radius 3 is 2.39 bits per heavy atom. The van der Waals surface area contributed by atoms with Crippen molar-refractivity contribution in [3.8, 4) is 11.1 Å². The second kappa shape index (κ2) is 4.92. The monoisotopic (exact) mass is 285 g/mol. The highest BCUT2D eigenvalue weighted by atomic mass is 35.5. The Bertz CT molecular complexity index is 631. The van der Waals surface area contributed by atoms with Crippen molar-refractivity contribution in [2.75, 3.05) is 0 Å². The van der Waals surface area contributed by atoms with Gasteiger partial charge in [-0.1, -0.05) is 29.3 Å². The number of halogens is 3. The van der Waals surface area contributed by atoms with Gasteiger partial charge in [-0.3, -0.25) is 10.1 Å². The summed E-state index contributed by atoms with van der Waals surface area (Å²) in [6.07, 6.45) is 0. The van der Waals surface area contributed by atoms with Gasteiger partial charge >= 0.3 is 0 Å². The Balaban J connectivity index is 2.65. The summed E-state index contributed by atoms with van der Waals surface area (Å²) < 4.78 is 13.2. The molecule has 0 amide bonds. The molecule has 2 rings (SSSR count). The topological polar surface area (TPSA) is 43.1 Å². The van der Waals surface area contributed by atoms with E-state index in [0.29, 0.717) is 10.6 Å². The lowest BCUT2D eigenvalue weighted by molar-refractivity contribution is -0.384. The summed E-state index contributed by atoms with van der Waals surface area (Å²) in [5.74, 6) is -0.554. The van der Waals surface area contributed by atoms with Gasteiger partial charge in [0.25, 0.3) is 5.69 Å². The number of rotatable bonds is 2. The van der Waals surface area contributed by atoms with Crippen LogP contribution in [0.25, 0.3) is 11.1 Å². The molecule has 0 heterocycles. The molecule has 2 aromatic rings. The van der Waals surface area contributed by atoms with Crippen LogP contribution in [-0.2, 0) is 0 Å². The number of hydrogen-bond acceptors (Lipinski definition) is 2. The van der Waals surface area contributed by atoms with E-state index in [1.807, 2.05) is 0 Å². The molecule has 0 radical (unpaired) electrons. The summed E-state index contributed by atoms with van der Waals surface area (Å²) in [4.78, 5) is 10.3. The smallest absolute Gasteiger partial charge is 0.258 e. The van der Waals surface area contributed by atoms with Crippen LogP contribution < -0.4 is 0 Å². The minimum absolute atomic E-state index is 0.165. The van der Waals surface area contributed by atoms with Crippen LogP contribution >= 0.6 is 23.2 Å². The van der Waals surface area contributed by atoms with Crippen LogP contribution in [0, 0.1) is 15.9 Å². The lowest BCUT2D eigenvalue weighted by Gasteiger charge is -2.05. The van der Waals surface area contributed by atoms with E-state index in [1.165, 1.54) is 12.1 Å². The molecule has 0 aliphatic heterocycles. The molecule has 0 N–H and O–H groups in total. The van der Waals surface area contributed by atoms with Gasteiger partial charge in [-0.05, 0) is 29.8 Å². The minimum atomic E-state index is -0.572. The highest BCUT2D eigenvalue weighted by Gasteiger charge is 2.16. The van der Waals surface area contributed by atoms with Crippen molar-refractivity contribution in [3.63, 3.8) is 0 Å². The quantitative estimate of drug-likeness (QED) is 0.592. The number of benzene rings is 2. The van der Waals surface area contributed by atoms with E-state index in [-0.39, 0.29) is 16.3 Å². The molecule has 0 atom stereocenters. The van der Waals surface area contributed by atoms with Crippen LogP contribution in [0.5, 0.6) is 0 Å². The zero-order chi connectivity index (χ0) is 13.3. The van der Waals surface area contributed by atoms with E-state index in [2.05, 4.69) is 0 Å². The van der Waals surface area contributed by atoms with Crippen molar-refractivity contribution < 1.29 is 9.31 Å². The van der Waals surface area contributed by atoms with Gasteiger partial charge in [-0.15, -0.1) is 0 Å². The Morgan fingerprint density at radius 2 is 1.78 bits per heavy atom. The number of nitro groups is 1. The zero-order valence-corrected chi connectivity index (χ0v) is 10.4. The zero-order valence-electron chi connectivity index (χ0n) is 8.86. The van der Waals surface area contributed by atoms with Gasteiger partial charge in [0.05, 0.1) is 20.5 Å². The fourth-order valence-corrected chi connectivity index (χ4v) is 1.86. The Hall–Kier alpha value is -1.65. The average Bonchev–Trinajstić information content (AvgIpc) is 2.32. The molecular weight excluding hydrogens is 280 g/mol. The van der Waals surface area contributed by atoms with E-state index in [1.54, 1.807) is 6.07 Å². The third kappa shape index (κ3) is 2.44. The van der Waals surface area contributed by atoms with Crippen molar-refractivity contribution in [1.29, 1.82) is 0 Å². The van der Waals surface area contributed by atoms with Gasteiger partial charge in [-0.2, -0.15) is 0 Å². The van der Waals surface area contributed by atoms with Crippen molar-refractivity contribution >= 4 is 28.9 Å². The third-order valence-electron chi connectivity index (χ3n) is 2.39. The lowest BCUT2D eigenvalue weighted by atomic mass is 10.0. The van der Waals surface area contributed by atoms with Crippen LogP contribution in [0.1, 0.15) is 0 Å². The molecule has 92 valence electrons. The molecule has 0 saturated carbocycles. The molecule has 0 bridgehead atoms. The summed E-state index contributed by atoms with van der Waals surface area (Å²) in [7, 11) is 0. The van der Waals surface area contributed by atoms with Crippen LogP contribution in [0.4, 0.5) is 10.1 Å². The van der Waals surface area contributed by atoms with Gasteiger partial charge < -0.3 is 0 Å². The summed E-state index contributed by atoms with van der Waals surface area (Å²) >= 11 is 11.6. The minimum Gasteiger partial charge on any atom is -0.258 e. The SMILES string of the molecule is O=[N+]([O-])c1ccc(F)cc1-c1ccc(Cl)c(Cl)c1. The lowest BCUT2D eigenvalue weighted by Crippen LogP contribution is -1.93. The first-order valence-electron chi connectivity index (χ1n) is 4.88. The van der Waals surface area contributed by atoms with Crippen LogP contribution in [0.3, 0.4) is 0 Å². The first-order chi connectivity index (χ1) is 8.49. The Labute approximate surface area is 112 Å². The number of nitrogens with zero attached hydrogens (tertiary/aromatic N) is 1. The molecule has 2 aromatic carbocycles. The maximum atomic E-state index is 13.2. The highest BCUT2D eigenvalue weighted by Crippen LogP contribution is 2.34. The van der Waals surface area contributed by atoms with E-state index in [0.717, 1.165) is 18.2 Å². The van der Waals surface area contributed by atoms with Gasteiger partial charge in [0.2, 0.25) is 0 Å². The second-order valence-corrected chi connectivity index (χ2v) is 4.36. The summed E-state index contributed by atoms with van der Waals surface area (Å²) in [5, 5.41) is 11.5. The molecule has 0 saturated heterocycles. The summed E-state index contributed by atoms with van der Waals surface area (Å²) in [5.41, 5.74) is 0.420. The van der Waals surface area contributed by atoms with Crippen molar-refractivity contribution in [3.05, 3.63) is 62.4 Å². The van der Waals surface area contributed by atoms with Crippen LogP contribution in [0.15, 0.2) is 36.4 Å². The fourth-order valence-electron chi connectivity index (χ4n) is 1.56. The number of hydrogen-bond donors (Lipinski definition) is 0. The Morgan fingerprint density at radius 1 is 1.06 bits per heavy atom. The molecule has 0 aliphatic carbocycles. The van der Waals surface area contributed by atoms with Gasteiger partial charge in [0.15, 0.2) is 0 Å². The van der Waals surface area contributed by atoms with Crippen molar-refractivity contribution in [2.45, 2.75) is 0 Å². The molecular formula is C12H6Cl2FNO2. The van der Waals surface area contributed by atoms with Gasteiger partial charge in [0.1, 0.15) is 5.82 Å². The fraction of sp³-hybridized carbons (Fsp3) is 0. The largest absolute Gasteiger partial charge is 0.277 e. The standard InChI is InChI=1S/C12H6Cl2FNO2/c13-10-3-1-7(5-11(10)14)9-6-8(15)2-4-12(9)16(17)18/h1-6H. The summed E-state index contributed by atoms with van der Waals surface area (Å²) in [6, 6.07) is 7.78. The molecule has 0 fully saturated rings. The predicted molar refractivity (Wildman–Crippen MR) is 68.5 cm³/mol. The second-order valence-electron chi connectivity index (χ2n) is 3.55. The van der Waals surface area contributed by atoms with E-state index in [9.17, 15) is 14.5 Å². The highest BCUT2D eigenvalue weighted by molar-refractivity contribution is 6.42. The molecule has 3 nitrogen and oxygen atoms in total.